The molecule has 1 aliphatic heterocycles. The molecule has 4 nitrogen and oxygen atoms in total. The number of hydrogen-bond acceptors (Lipinski definition) is 3. The second kappa shape index (κ2) is 14.8. The van der Waals surface area contributed by atoms with Gasteiger partial charge in [0.2, 0.25) is 0 Å². The lowest BCUT2D eigenvalue weighted by molar-refractivity contribution is 0.542. The van der Waals surface area contributed by atoms with Crippen molar-refractivity contribution in [2.75, 3.05) is 4.90 Å². The predicted octanol–water partition coefficient (Wildman–Crippen LogP) is 15.0. The first-order chi connectivity index (χ1) is 31.1. The van der Waals surface area contributed by atoms with Gasteiger partial charge in [0, 0.05) is 50.4 Å². The molecule has 0 amide bonds. The Morgan fingerprint density at radius 1 is 0.444 bits per heavy atom. The second-order valence-corrected chi connectivity index (χ2v) is 16.8. The first-order valence-electron chi connectivity index (χ1n) is 21.7. The lowest BCUT2D eigenvalue weighted by Gasteiger charge is -2.39. The Bertz CT molecular complexity index is 3360. The van der Waals surface area contributed by atoms with Crippen molar-refractivity contribution >= 4 is 33.2 Å². The summed E-state index contributed by atoms with van der Waals surface area (Å²) in [6.07, 6.45) is 9.16. The summed E-state index contributed by atoms with van der Waals surface area (Å²) in [4.78, 5) is 12.7. The number of hydrogen-bond donors (Lipinski definition) is 0. The first-order valence-corrected chi connectivity index (χ1v) is 21.7. The standard InChI is InChI=1S/C59H42N4/c1-59-35-14-13-30-51(59)57-48(29-17-32-55(57)63(59)46-25-9-4-10-26-46)44-23-16-27-47(37-44)62-54-31-12-11-28-49(54)50-34-33-43(38-56(50)62)42-22-15-24-45(36-42)53-39-52(40-18-5-2-6-19-40)60-58(61-53)41-20-7-3-8-21-41/h2-39,51H,1H3/t51?,59-/m0/s1. The van der Waals surface area contributed by atoms with Gasteiger partial charge in [0.25, 0.3) is 0 Å². The van der Waals surface area contributed by atoms with Crippen LogP contribution >= 0.6 is 0 Å². The largest absolute Gasteiger partial charge is 0.331 e. The molecule has 3 heterocycles. The van der Waals surface area contributed by atoms with Gasteiger partial charge < -0.3 is 9.47 Å². The Balaban J connectivity index is 0.979. The number of rotatable bonds is 7. The normalized spacial score (nSPS) is 16.4. The van der Waals surface area contributed by atoms with Gasteiger partial charge in [0.1, 0.15) is 0 Å². The van der Waals surface area contributed by atoms with Gasteiger partial charge in [-0.05, 0) is 89.3 Å². The average molecular weight is 807 g/mol. The average Bonchev–Trinajstić information content (AvgIpc) is 3.83. The van der Waals surface area contributed by atoms with E-state index in [2.05, 4.69) is 223 Å². The first kappa shape index (κ1) is 36.7. The van der Waals surface area contributed by atoms with Gasteiger partial charge in [-0.1, -0.05) is 176 Å². The highest BCUT2D eigenvalue weighted by atomic mass is 15.2. The number of fused-ring (bicyclic) bond motifs is 6. The molecule has 4 heteroatoms. The fourth-order valence-corrected chi connectivity index (χ4v) is 10.1. The summed E-state index contributed by atoms with van der Waals surface area (Å²) in [6, 6.07) is 73.9. The molecule has 0 N–H and O–H groups in total. The van der Waals surface area contributed by atoms with Gasteiger partial charge in [0.15, 0.2) is 5.82 Å². The fraction of sp³-hybridized carbons (Fsp3) is 0.0508. The zero-order valence-corrected chi connectivity index (χ0v) is 34.8. The van der Waals surface area contributed by atoms with E-state index >= 15 is 0 Å². The van der Waals surface area contributed by atoms with Crippen LogP contribution in [0.4, 0.5) is 11.4 Å². The summed E-state index contributed by atoms with van der Waals surface area (Å²) >= 11 is 0. The minimum absolute atomic E-state index is 0.196. The van der Waals surface area contributed by atoms with Crippen LogP contribution in [0.1, 0.15) is 18.4 Å². The second-order valence-electron chi connectivity index (χ2n) is 16.8. The van der Waals surface area contributed by atoms with Crippen LogP contribution in [0, 0.1) is 0 Å². The van der Waals surface area contributed by atoms with Crippen molar-refractivity contribution in [2.24, 2.45) is 0 Å². The maximum atomic E-state index is 5.14. The Hall–Kier alpha value is -8.08. The van der Waals surface area contributed by atoms with E-state index in [1.807, 2.05) is 24.3 Å². The van der Waals surface area contributed by atoms with E-state index in [0.717, 1.165) is 50.4 Å². The molecule has 0 saturated carbocycles. The maximum absolute atomic E-state index is 5.14. The number of nitrogens with zero attached hydrogens (tertiary/aromatic N) is 4. The molecule has 1 unspecified atom stereocenters. The zero-order chi connectivity index (χ0) is 41.9. The lowest BCUT2D eigenvalue weighted by atomic mass is 9.78. The Kier molecular flexibility index (Phi) is 8.65. The van der Waals surface area contributed by atoms with Crippen molar-refractivity contribution in [3.05, 3.63) is 236 Å². The van der Waals surface area contributed by atoms with Crippen molar-refractivity contribution in [3.8, 4) is 61.8 Å². The molecule has 10 aromatic rings. The number of para-hydroxylation sites is 2. The molecule has 2 aromatic heterocycles. The van der Waals surface area contributed by atoms with Gasteiger partial charge in [0.05, 0.1) is 28.0 Å². The molecule has 298 valence electrons. The summed E-state index contributed by atoms with van der Waals surface area (Å²) in [5.41, 5.74) is 16.7. The summed E-state index contributed by atoms with van der Waals surface area (Å²) in [7, 11) is 0. The van der Waals surface area contributed by atoms with Crippen LogP contribution in [-0.2, 0) is 0 Å². The highest BCUT2D eigenvalue weighted by Gasteiger charge is 2.48. The zero-order valence-electron chi connectivity index (χ0n) is 34.8. The Morgan fingerprint density at radius 2 is 1.06 bits per heavy atom. The summed E-state index contributed by atoms with van der Waals surface area (Å²) in [5.74, 6) is 0.905. The topological polar surface area (TPSA) is 34.0 Å². The monoisotopic (exact) mass is 806 g/mol. The molecule has 8 aromatic carbocycles. The van der Waals surface area contributed by atoms with Crippen molar-refractivity contribution in [1.82, 2.24) is 14.5 Å². The van der Waals surface area contributed by atoms with Crippen LogP contribution in [0.2, 0.25) is 0 Å². The van der Waals surface area contributed by atoms with Crippen LogP contribution in [0.3, 0.4) is 0 Å². The van der Waals surface area contributed by atoms with Crippen molar-refractivity contribution in [1.29, 1.82) is 0 Å². The van der Waals surface area contributed by atoms with E-state index in [4.69, 9.17) is 9.97 Å². The minimum atomic E-state index is -0.228. The third-order valence-corrected chi connectivity index (χ3v) is 13.0. The molecule has 0 radical (unpaired) electrons. The van der Waals surface area contributed by atoms with Crippen molar-refractivity contribution in [2.45, 2.75) is 18.4 Å². The van der Waals surface area contributed by atoms with E-state index in [0.29, 0.717) is 5.82 Å². The predicted molar refractivity (Wildman–Crippen MR) is 262 cm³/mol. The van der Waals surface area contributed by atoms with Gasteiger partial charge in [-0.3, -0.25) is 0 Å². The van der Waals surface area contributed by atoms with Gasteiger partial charge in [-0.15, -0.1) is 0 Å². The molecule has 0 fully saturated rings. The van der Waals surface area contributed by atoms with E-state index in [9.17, 15) is 0 Å². The number of allylic oxidation sites excluding steroid dienone is 2. The lowest BCUT2D eigenvalue weighted by Crippen LogP contribution is -2.41. The number of aromatic nitrogens is 3. The summed E-state index contributed by atoms with van der Waals surface area (Å²) in [6.45, 7) is 2.37. The van der Waals surface area contributed by atoms with E-state index in [-0.39, 0.29) is 11.5 Å². The van der Waals surface area contributed by atoms with Crippen LogP contribution < -0.4 is 4.90 Å². The van der Waals surface area contributed by atoms with E-state index in [1.165, 1.54) is 44.4 Å². The van der Waals surface area contributed by atoms with Crippen LogP contribution in [0.15, 0.2) is 231 Å². The molecule has 0 saturated heterocycles. The Morgan fingerprint density at radius 3 is 1.89 bits per heavy atom. The van der Waals surface area contributed by atoms with E-state index in [1.54, 1.807) is 0 Å². The molecule has 1 aliphatic carbocycles. The molecule has 63 heavy (non-hydrogen) atoms. The molecule has 2 aliphatic rings. The summed E-state index contributed by atoms with van der Waals surface area (Å²) in [5, 5.41) is 2.45. The molecule has 0 bridgehead atoms. The minimum Gasteiger partial charge on any atom is -0.331 e. The SMILES string of the molecule is C[C@]12C=CC=CC1c1c(-c3cccc(-n4c5ccccc5c5ccc(-c6cccc(-c7cc(-c8ccccc8)nc(-c8ccccc8)n7)c6)cc54)c3)cccc1N2c1ccccc1. The molecule has 2 atom stereocenters. The van der Waals surface area contributed by atoms with Crippen LogP contribution in [-0.4, -0.2) is 20.1 Å². The smallest absolute Gasteiger partial charge is 0.160 e. The van der Waals surface area contributed by atoms with Crippen LogP contribution in [0.25, 0.3) is 83.6 Å². The molecular formula is C59H42N4. The van der Waals surface area contributed by atoms with Gasteiger partial charge in [-0.2, -0.15) is 0 Å². The maximum Gasteiger partial charge on any atom is 0.160 e. The molecule has 0 spiro atoms. The van der Waals surface area contributed by atoms with Crippen molar-refractivity contribution < 1.29 is 0 Å². The van der Waals surface area contributed by atoms with Gasteiger partial charge in [-0.25, -0.2) is 9.97 Å². The van der Waals surface area contributed by atoms with Crippen LogP contribution in [0.5, 0.6) is 0 Å². The molecule has 12 rings (SSSR count). The number of benzene rings is 8. The third-order valence-electron chi connectivity index (χ3n) is 13.0. The summed E-state index contributed by atoms with van der Waals surface area (Å²) < 4.78 is 2.44. The van der Waals surface area contributed by atoms with Gasteiger partial charge >= 0.3 is 0 Å². The number of anilines is 2. The quantitative estimate of drug-likeness (QED) is 0.161. The third kappa shape index (κ3) is 6.14. The van der Waals surface area contributed by atoms with E-state index < -0.39 is 0 Å². The van der Waals surface area contributed by atoms with Crippen molar-refractivity contribution in [3.63, 3.8) is 0 Å². The fourth-order valence-electron chi connectivity index (χ4n) is 10.1. The highest BCUT2D eigenvalue weighted by Crippen LogP contribution is 2.56. The highest BCUT2D eigenvalue weighted by molar-refractivity contribution is 6.10. The Labute approximate surface area is 367 Å². The molecular weight excluding hydrogens is 765 g/mol.